The highest BCUT2D eigenvalue weighted by molar-refractivity contribution is 7.88. The van der Waals surface area contributed by atoms with Gasteiger partial charge in [0.15, 0.2) is 0 Å². The van der Waals surface area contributed by atoms with Crippen LogP contribution < -0.4 is 5.32 Å². The van der Waals surface area contributed by atoms with Crippen molar-refractivity contribution in [3.05, 3.63) is 71.0 Å². The van der Waals surface area contributed by atoms with Gasteiger partial charge in [-0.2, -0.15) is 0 Å². The smallest absolute Gasteiger partial charge is 0.223 e. The van der Waals surface area contributed by atoms with Gasteiger partial charge < -0.3 is 5.32 Å². The summed E-state index contributed by atoms with van der Waals surface area (Å²) in [5.41, 5.74) is 2.77. The Balaban J connectivity index is 1.53. The number of halogens is 1. The number of carbonyl (C=O) groups is 1. The van der Waals surface area contributed by atoms with Gasteiger partial charge in [-0.15, -0.1) is 0 Å². The molecule has 1 heterocycles. The van der Waals surface area contributed by atoms with Gasteiger partial charge in [0.1, 0.15) is 5.82 Å². The number of nitrogens with one attached hydrogen (secondary N) is 1. The molecule has 0 saturated carbocycles. The number of nitrogens with zero attached hydrogens (tertiary/aromatic N) is 1. The molecule has 0 bridgehead atoms. The fraction of sp³-hybridized carbons (Fsp3) is 0.409. The number of amides is 1. The summed E-state index contributed by atoms with van der Waals surface area (Å²) in [6.07, 6.45) is 0.990. The van der Waals surface area contributed by atoms with Gasteiger partial charge in [-0.3, -0.25) is 4.79 Å². The molecule has 1 saturated heterocycles. The van der Waals surface area contributed by atoms with Crippen LogP contribution in [0.3, 0.4) is 0 Å². The van der Waals surface area contributed by atoms with Crippen molar-refractivity contribution in [1.29, 1.82) is 0 Å². The van der Waals surface area contributed by atoms with Crippen LogP contribution in [-0.2, 0) is 20.6 Å². The van der Waals surface area contributed by atoms with E-state index in [0.29, 0.717) is 31.5 Å². The minimum Gasteiger partial charge on any atom is -0.349 e. The zero-order valence-corrected chi connectivity index (χ0v) is 17.6. The average Bonchev–Trinajstić information content (AvgIpc) is 2.70. The van der Waals surface area contributed by atoms with E-state index in [0.717, 1.165) is 5.56 Å². The van der Waals surface area contributed by atoms with Crippen LogP contribution in [0.15, 0.2) is 48.5 Å². The molecule has 1 atom stereocenters. The maximum atomic E-state index is 13.0. The Morgan fingerprint density at radius 3 is 2.28 bits per heavy atom. The van der Waals surface area contributed by atoms with Gasteiger partial charge in [-0.25, -0.2) is 17.1 Å². The summed E-state index contributed by atoms with van der Waals surface area (Å²) >= 11 is 0. The number of sulfonamides is 1. The van der Waals surface area contributed by atoms with Gasteiger partial charge in [-0.1, -0.05) is 42.0 Å². The Labute approximate surface area is 172 Å². The Hall–Kier alpha value is -2.25. The lowest BCUT2D eigenvalue weighted by molar-refractivity contribution is -0.126. The zero-order valence-electron chi connectivity index (χ0n) is 16.8. The molecule has 0 aromatic heterocycles. The van der Waals surface area contributed by atoms with Crippen molar-refractivity contribution in [1.82, 2.24) is 9.62 Å². The fourth-order valence-corrected chi connectivity index (χ4v) is 5.11. The Morgan fingerprint density at radius 1 is 1.10 bits per heavy atom. The van der Waals surface area contributed by atoms with Gasteiger partial charge in [0.25, 0.3) is 0 Å². The summed E-state index contributed by atoms with van der Waals surface area (Å²) < 4.78 is 39.7. The molecule has 1 aliphatic heterocycles. The van der Waals surface area contributed by atoms with E-state index in [9.17, 15) is 17.6 Å². The maximum absolute atomic E-state index is 13.0. The van der Waals surface area contributed by atoms with Crippen LogP contribution >= 0.6 is 0 Å². The number of benzene rings is 2. The summed E-state index contributed by atoms with van der Waals surface area (Å²) in [5, 5.41) is 3.04. The quantitative estimate of drug-likeness (QED) is 0.780. The van der Waals surface area contributed by atoms with Crippen LogP contribution in [0.4, 0.5) is 4.39 Å². The highest BCUT2D eigenvalue weighted by atomic mass is 32.2. The predicted molar refractivity (Wildman–Crippen MR) is 111 cm³/mol. The standard InChI is InChI=1S/C22H27FN2O3S/c1-16-3-7-19(8-4-16)17(2)24-22(26)20-11-13-25(14-12-20)29(27,28)15-18-5-9-21(23)10-6-18/h3-10,17,20H,11-15H2,1-2H3,(H,24,26)/t17-/m1/s1. The van der Waals surface area contributed by atoms with E-state index in [1.165, 1.54) is 34.1 Å². The first-order valence-corrected chi connectivity index (χ1v) is 11.4. The lowest BCUT2D eigenvalue weighted by Crippen LogP contribution is -2.43. The van der Waals surface area contributed by atoms with Crippen molar-refractivity contribution in [3.63, 3.8) is 0 Å². The number of aryl methyl sites for hydroxylation is 1. The summed E-state index contributed by atoms with van der Waals surface area (Å²) in [4.78, 5) is 12.6. The van der Waals surface area contributed by atoms with E-state index in [-0.39, 0.29) is 23.6 Å². The zero-order chi connectivity index (χ0) is 21.0. The molecular weight excluding hydrogens is 391 g/mol. The molecule has 1 fully saturated rings. The number of hydrogen-bond donors (Lipinski definition) is 1. The van der Waals surface area contributed by atoms with Gasteiger partial charge in [0, 0.05) is 19.0 Å². The highest BCUT2D eigenvalue weighted by Gasteiger charge is 2.31. The normalized spacial score (nSPS) is 17.1. The van der Waals surface area contributed by atoms with E-state index >= 15 is 0 Å². The SMILES string of the molecule is Cc1ccc([C@@H](C)NC(=O)C2CCN(S(=O)(=O)Cc3ccc(F)cc3)CC2)cc1. The molecular formula is C22H27FN2O3S. The number of carbonyl (C=O) groups excluding carboxylic acids is 1. The first-order chi connectivity index (χ1) is 13.7. The fourth-order valence-electron chi connectivity index (χ4n) is 3.55. The summed E-state index contributed by atoms with van der Waals surface area (Å²) in [6.45, 7) is 4.61. The van der Waals surface area contributed by atoms with Crippen molar-refractivity contribution in [2.24, 2.45) is 5.92 Å². The third kappa shape index (κ3) is 5.64. The molecule has 5 nitrogen and oxygen atoms in total. The summed E-state index contributed by atoms with van der Waals surface area (Å²) in [5.74, 6) is -0.777. The van der Waals surface area contributed by atoms with Crippen LogP contribution in [0.25, 0.3) is 0 Å². The Kier molecular flexibility index (Phi) is 6.70. The first kappa shape index (κ1) is 21.5. The van der Waals surface area contributed by atoms with Gasteiger partial charge in [0.05, 0.1) is 11.8 Å². The molecule has 7 heteroatoms. The second-order valence-electron chi connectivity index (χ2n) is 7.70. The molecule has 1 aliphatic rings. The topological polar surface area (TPSA) is 66.5 Å². The van der Waals surface area contributed by atoms with Crippen molar-refractivity contribution in [2.75, 3.05) is 13.1 Å². The second-order valence-corrected chi connectivity index (χ2v) is 9.67. The monoisotopic (exact) mass is 418 g/mol. The lowest BCUT2D eigenvalue weighted by atomic mass is 9.96. The second kappa shape index (κ2) is 9.05. The van der Waals surface area contributed by atoms with Gasteiger partial charge in [0.2, 0.25) is 15.9 Å². The number of rotatable bonds is 6. The largest absolute Gasteiger partial charge is 0.349 e. The predicted octanol–water partition coefficient (Wildman–Crippen LogP) is 3.55. The molecule has 0 radical (unpaired) electrons. The van der Waals surface area contributed by atoms with Crippen LogP contribution in [0.1, 0.15) is 42.5 Å². The van der Waals surface area contributed by atoms with E-state index in [1.54, 1.807) is 0 Å². The molecule has 0 unspecified atom stereocenters. The van der Waals surface area contributed by atoms with Crippen LogP contribution in [0.5, 0.6) is 0 Å². The molecule has 2 aromatic carbocycles. The minimum atomic E-state index is -3.49. The van der Waals surface area contributed by atoms with Crippen LogP contribution in [0, 0.1) is 18.7 Å². The molecule has 1 amide bonds. The average molecular weight is 419 g/mol. The molecule has 0 spiro atoms. The van der Waals surface area contributed by atoms with E-state index in [1.807, 2.05) is 38.1 Å². The van der Waals surface area contributed by atoms with Crippen molar-refractivity contribution < 1.29 is 17.6 Å². The van der Waals surface area contributed by atoms with E-state index in [2.05, 4.69) is 5.32 Å². The molecule has 1 N–H and O–H groups in total. The maximum Gasteiger partial charge on any atom is 0.223 e. The molecule has 3 rings (SSSR count). The van der Waals surface area contributed by atoms with Crippen molar-refractivity contribution in [2.45, 2.75) is 38.5 Å². The van der Waals surface area contributed by atoms with E-state index < -0.39 is 15.8 Å². The van der Waals surface area contributed by atoms with Crippen LogP contribution in [-0.4, -0.2) is 31.7 Å². The lowest BCUT2D eigenvalue weighted by Gasteiger charge is -2.31. The van der Waals surface area contributed by atoms with E-state index in [4.69, 9.17) is 0 Å². The van der Waals surface area contributed by atoms with Crippen molar-refractivity contribution >= 4 is 15.9 Å². The molecule has 0 aliphatic carbocycles. The molecule has 29 heavy (non-hydrogen) atoms. The Bertz CT molecular complexity index is 935. The molecule has 2 aromatic rings. The highest BCUT2D eigenvalue weighted by Crippen LogP contribution is 2.23. The number of hydrogen-bond acceptors (Lipinski definition) is 3. The Morgan fingerprint density at radius 2 is 1.69 bits per heavy atom. The third-order valence-electron chi connectivity index (χ3n) is 5.42. The van der Waals surface area contributed by atoms with Crippen molar-refractivity contribution in [3.8, 4) is 0 Å². The van der Waals surface area contributed by atoms with Gasteiger partial charge >= 0.3 is 0 Å². The van der Waals surface area contributed by atoms with Crippen LogP contribution in [0.2, 0.25) is 0 Å². The molecule has 156 valence electrons. The minimum absolute atomic E-state index is 0.0337. The first-order valence-electron chi connectivity index (χ1n) is 9.84. The summed E-state index contributed by atoms with van der Waals surface area (Å²) in [7, 11) is -3.49. The third-order valence-corrected chi connectivity index (χ3v) is 7.27. The summed E-state index contributed by atoms with van der Waals surface area (Å²) in [6, 6.07) is 13.4. The number of piperidine rings is 1. The van der Waals surface area contributed by atoms with Gasteiger partial charge in [-0.05, 0) is 49.9 Å².